The van der Waals surface area contributed by atoms with Crippen molar-refractivity contribution in [3.8, 4) is 11.5 Å². The Labute approximate surface area is 175 Å². The second-order valence-corrected chi connectivity index (χ2v) is 8.20. The largest absolute Gasteiger partial charge is 0.489 e. The van der Waals surface area contributed by atoms with Crippen molar-refractivity contribution in [3.05, 3.63) is 90.0 Å². The van der Waals surface area contributed by atoms with Gasteiger partial charge in [0.15, 0.2) is 0 Å². The molecule has 0 atom stereocenters. The molecule has 0 aliphatic heterocycles. The fraction of sp³-hybridized carbons (Fsp3) is 0.136. The minimum absolute atomic E-state index is 0.0778. The van der Waals surface area contributed by atoms with E-state index in [0.717, 1.165) is 5.56 Å². The van der Waals surface area contributed by atoms with E-state index in [1.54, 1.807) is 24.3 Å². The molecule has 0 unspecified atom stereocenters. The number of ether oxygens (including phenoxy) is 2. The Morgan fingerprint density at radius 3 is 2.23 bits per heavy atom. The summed E-state index contributed by atoms with van der Waals surface area (Å²) in [5, 5.41) is 0. The summed E-state index contributed by atoms with van der Waals surface area (Å²) in [6.07, 6.45) is 0. The van der Waals surface area contributed by atoms with Crippen LogP contribution < -0.4 is 9.47 Å². The summed E-state index contributed by atoms with van der Waals surface area (Å²) >= 11 is 0. The maximum atomic E-state index is 12.4. The molecule has 156 valence electrons. The van der Waals surface area contributed by atoms with Gasteiger partial charge in [-0.2, -0.15) is 0 Å². The summed E-state index contributed by atoms with van der Waals surface area (Å²) in [5.74, 6) is 0.272. The number of carbonyl (C=O) groups is 1. The van der Waals surface area contributed by atoms with E-state index in [1.165, 1.54) is 38.4 Å². The molecule has 0 saturated heterocycles. The maximum Gasteiger partial charge on any atom is 0.343 e. The van der Waals surface area contributed by atoms with Gasteiger partial charge >= 0.3 is 5.97 Å². The topological polar surface area (TPSA) is 82.1 Å². The van der Waals surface area contributed by atoms with E-state index in [4.69, 9.17) is 14.3 Å². The first-order valence-corrected chi connectivity index (χ1v) is 10.5. The quantitative estimate of drug-likeness (QED) is 0.310. The molecule has 7 nitrogen and oxygen atoms in total. The Morgan fingerprint density at radius 1 is 0.900 bits per heavy atom. The van der Waals surface area contributed by atoms with E-state index < -0.39 is 16.0 Å². The van der Waals surface area contributed by atoms with Gasteiger partial charge in [-0.3, -0.25) is 4.84 Å². The first-order valence-electron chi connectivity index (χ1n) is 9.02. The summed E-state index contributed by atoms with van der Waals surface area (Å²) in [5.41, 5.74) is 1.15. The third-order valence-corrected chi connectivity index (χ3v) is 5.92. The van der Waals surface area contributed by atoms with E-state index in [2.05, 4.69) is 0 Å². The molecular weight excluding hydrogens is 406 g/mol. The van der Waals surface area contributed by atoms with Gasteiger partial charge in [-0.05, 0) is 48.0 Å². The van der Waals surface area contributed by atoms with Gasteiger partial charge in [0.2, 0.25) is 0 Å². The second-order valence-electron chi connectivity index (χ2n) is 6.26. The molecule has 0 bridgehead atoms. The molecule has 0 aliphatic carbocycles. The van der Waals surface area contributed by atoms with Gasteiger partial charge in [-0.15, -0.1) is 0 Å². The normalized spacial score (nSPS) is 11.3. The van der Waals surface area contributed by atoms with E-state index in [9.17, 15) is 13.2 Å². The van der Waals surface area contributed by atoms with Crippen LogP contribution in [0.4, 0.5) is 0 Å². The Hall–Kier alpha value is -3.20. The van der Waals surface area contributed by atoms with E-state index in [-0.39, 0.29) is 10.5 Å². The predicted octanol–water partition coefficient (Wildman–Crippen LogP) is 3.67. The summed E-state index contributed by atoms with van der Waals surface area (Å²) in [6, 6.07) is 21.9. The molecule has 0 spiro atoms. The SMILES string of the molecule is CON(C)S(=O)(=O)c1cccc(C(=O)Oc2ccc(OCc3ccccc3)cc2)c1. The Balaban J connectivity index is 1.65. The number of sulfonamides is 1. The Bertz CT molecular complexity index is 1100. The molecule has 3 aromatic carbocycles. The fourth-order valence-electron chi connectivity index (χ4n) is 2.54. The first-order chi connectivity index (χ1) is 14.4. The number of nitrogens with zero attached hydrogens (tertiary/aromatic N) is 1. The lowest BCUT2D eigenvalue weighted by atomic mass is 10.2. The van der Waals surface area contributed by atoms with Crippen LogP contribution in [0.1, 0.15) is 15.9 Å². The van der Waals surface area contributed by atoms with Gasteiger partial charge in [-0.1, -0.05) is 40.9 Å². The third kappa shape index (κ3) is 5.24. The number of esters is 1. The number of carbonyl (C=O) groups excluding carboxylic acids is 1. The highest BCUT2D eigenvalue weighted by Gasteiger charge is 2.22. The molecule has 3 aromatic rings. The molecule has 0 aliphatic rings. The van der Waals surface area contributed by atoms with Crippen LogP contribution in [0.2, 0.25) is 0 Å². The van der Waals surface area contributed by atoms with Crippen molar-refractivity contribution in [1.82, 2.24) is 4.47 Å². The minimum Gasteiger partial charge on any atom is -0.489 e. The van der Waals surface area contributed by atoms with Gasteiger partial charge in [0, 0.05) is 7.05 Å². The number of hydrogen-bond donors (Lipinski definition) is 0. The van der Waals surface area contributed by atoms with Crippen LogP contribution in [0.15, 0.2) is 83.8 Å². The van der Waals surface area contributed by atoms with Crippen LogP contribution in [0.25, 0.3) is 0 Å². The van der Waals surface area contributed by atoms with E-state index in [0.29, 0.717) is 22.6 Å². The van der Waals surface area contributed by atoms with Crippen molar-refractivity contribution in [3.63, 3.8) is 0 Å². The van der Waals surface area contributed by atoms with Gasteiger partial charge in [0.1, 0.15) is 18.1 Å². The van der Waals surface area contributed by atoms with Crippen molar-refractivity contribution in [2.75, 3.05) is 14.2 Å². The summed E-state index contributed by atoms with van der Waals surface area (Å²) in [4.78, 5) is 17.1. The van der Waals surface area contributed by atoms with Gasteiger partial charge in [0.05, 0.1) is 17.6 Å². The highest BCUT2D eigenvalue weighted by molar-refractivity contribution is 7.89. The lowest BCUT2D eigenvalue weighted by molar-refractivity contribution is -0.0258. The molecule has 0 fully saturated rings. The maximum absolute atomic E-state index is 12.4. The van der Waals surface area contributed by atoms with Crippen LogP contribution in [0.5, 0.6) is 11.5 Å². The zero-order valence-corrected chi connectivity index (χ0v) is 17.3. The number of rotatable bonds is 8. The zero-order valence-electron chi connectivity index (χ0n) is 16.5. The van der Waals surface area contributed by atoms with Crippen LogP contribution >= 0.6 is 0 Å². The average Bonchev–Trinajstić information content (AvgIpc) is 2.78. The fourth-order valence-corrected chi connectivity index (χ4v) is 3.56. The second kappa shape index (κ2) is 9.53. The minimum atomic E-state index is -3.87. The van der Waals surface area contributed by atoms with Crippen molar-refractivity contribution in [1.29, 1.82) is 0 Å². The summed E-state index contributed by atoms with van der Waals surface area (Å²) < 4.78 is 36.4. The molecule has 0 N–H and O–H groups in total. The standard InChI is InChI=1S/C22H21NO6S/c1-23(27-2)30(25,26)21-10-6-9-18(15-21)22(24)29-20-13-11-19(12-14-20)28-16-17-7-4-3-5-8-17/h3-15H,16H2,1-2H3. The number of hydroxylamine groups is 1. The summed E-state index contributed by atoms with van der Waals surface area (Å²) in [7, 11) is -1.36. The van der Waals surface area contributed by atoms with Gasteiger partial charge < -0.3 is 9.47 Å². The lowest BCUT2D eigenvalue weighted by Crippen LogP contribution is -2.26. The van der Waals surface area contributed by atoms with Crippen molar-refractivity contribution in [2.45, 2.75) is 11.5 Å². The van der Waals surface area contributed by atoms with E-state index in [1.807, 2.05) is 30.3 Å². The summed E-state index contributed by atoms with van der Waals surface area (Å²) in [6.45, 7) is 0.428. The number of hydrogen-bond acceptors (Lipinski definition) is 6. The molecule has 0 saturated carbocycles. The average molecular weight is 427 g/mol. The lowest BCUT2D eigenvalue weighted by Gasteiger charge is -2.14. The van der Waals surface area contributed by atoms with Crippen LogP contribution in [0, 0.1) is 0 Å². The Morgan fingerprint density at radius 2 is 1.57 bits per heavy atom. The van der Waals surface area contributed by atoms with Crippen molar-refractivity contribution in [2.24, 2.45) is 0 Å². The molecule has 8 heteroatoms. The van der Waals surface area contributed by atoms with Crippen molar-refractivity contribution < 1.29 is 27.5 Å². The highest BCUT2D eigenvalue weighted by atomic mass is 32.2. The first kappa shape index (κ1) is 21.5. The monoisotopic (exact) mass is 427 g/mol. The zero-order chi connectivity index (χ0) is 21.6. The third-order valence-electron chi connectivity index (χ3n) is 4.25. The smallest absolute Gasteiger partial charge is 0.343 e. The molecule has 0 heterocycles. The van der Waals surface area contributed by atoms with Gasteiger partial charge in [-0.25, -0.2) is 13.2 Å². The predicted molar refractivity (Wildman–Crippen MR) is 111 cm³/mol. The van der Waals surface area contributed by atoms with Crippen LogP contribution in [0.3, 0.4) is 0 Å². The molecule has 30 heavy (non-hydrogen) atoms. The molecular formula is C22H21NO6S. The van der Waals surface area contributed by atoms with E-state index >= 15 is 0 Å². The molecule has 0 amide bonds. The van der Waals surface area contributed by atoms with Crippen molar-refractivity contribution >= 4 is 16.0 Å². The van der Waals surface area contributed by atoms with Crippen LogP contribution in [-0.2, 0) is 21.5 Å². The molecule has 3 rings (SSSR count). The van der Waals surface area contributed by atoms with Gasteiger partial charge in [0.25, 0.3) is 10.0 Å². The Kier molecular flexibility index (Phi) is 6.83. The molecule has 0 aromatic heterocycles. The number of benzene rings is 3. The van der Waals surface area contributed by atoms with Crippen LogP contribution in [-0.4, -0.2) is 33.0 Å². The molecule has 0 radical (unpaired) electrons. The highest BCUT2D eigenvalue weighted by Crippen LogP contribution is 2.21.